The van der Waals surface area contributed by atoms with Gasteiger partial charge in [-0.05, 0) is 153 Å². The van der Waals surface area contributed by atoms with Crippen LogP contribution in [0.5, 0.6) is 0 Å². The van der Waals surface area contributed by atoms with E-state index in [1.54, 1.807) is 0 Å². The van der Waals surface area contributed by atoms with Crippen molar-refractivity contribution in [2.24, 2.45) is 0 Å². The van der Waals surface area contributed by atoms with Gasteiger partial charge in [-0.3, -0.25) is 0 Å². The number of nitrogens with zero attached hydrogens (tertiary/aromatic N) is 4. The molecule has 0 unspecified atom stereocenters. The summed E-state index contributed by atoms with van der Waals surface area (Å²) in [6.07, 6.45) is 17.2. The second kappa shape index (κ2) is 25.2. The summed E-state index contributed by atoms with van der Waals surface area (Å²) in [7, 11) is 0. The third-order valence-electron chi connectivity index (χ3n) is 18.9. The third kappa shape index (κ3) is 11.1. The van der Waals surface area contributed by atoms with Crippen LogP contribution in [0.1, 0.15) is 56.7 Å². The van der Waals surface area contributed by atoms with Crippen LogP contribution in [0.4, 0.5) is 0 Å². The number of nitrogens with one attached hydrogen (secondary N) is 4. The fourth-order valence-corrected chi connectivity index (χ4v) is 14.3. The topological polar surface area (TPSA) is 124 Å². The summed E-state index contributed by atoms with van der Waals surface area (Å²) in [6, 6.07) is 98.0. The van der Waals surface area contributed by atoms with Crippen LogP contribution in [0.3, 0.4) is 0 Å². The van der Waals surface area contributed by atoms with Crippen LogP contribution >= 0.6 is 0 Å². The van der Waals surface area contributed by atoms with Crippen molar-refractivity contribution in [1.82, 2.24) is 39.9 Å². The van der Waals surface area contributed by atoms with Gasteiger partial charge in [-0.25, -0.2) is 19.9 Å². The molecule has 16 bridgehead atoms. The maximum Gasteiger partial charge on any atom is 0.0737 e. The molecule has 0 saturated heterocycles. The van der Waals surface area contributed by atoms with Crippen LogP contribution in [0.15, 0.2) is 279 Å². The summed E-state index contributed by atoms with van der Waals surface area (Å²) in [5, 5.41) is 0. The largest absolute Gasteiger partial charge is 0.372 e. The lowest BCUT2D eigenvalue weighted by atomic mass is 10.0. The molecule has 0 fully saturated rings. The SMILES string of the molecule is C1=Cc2nc1c(-c1ccccc1)c1ccc([nH]1)c(-c1ccccc1)c1nc(c(-c3ccc(COCc4ccc(-c5c6nc(c(-c7ccccc7)c7ccc([nH]7)c(-c7ccccc7)c7nc(c(-c8ccccc8)c8ccc5[nH]8)C=C7)C=C6)cc4)cc3)c3ccc([nH]3)c2-c2ccccc2)C=C1. The van der Waals surface area contributed by atoms with Gasteiger partial charge in [-0.2, -0.15) is 0 Å². The zero-order valence-corrected chi connectivity index (χ0v) is 53.8. The lowest BCUT2D eigenvalue weighted by molar-refractivity contribution is 0.107. The molecule has 0 spiro atoms. The first-order valence-corrected chi connectivity index (χ1v) is 33.5. The van der Waals surface area contributed by atoms with Crippen LogP contribution in [0, 0.1) is 0 Å². The molecule has 18 rings (SSSR count). The predicted molar refractivity (Wildman–Crippen MR) is 410 cm³/mol. The minimum atomic E-state index is 0.417. The highest BCUT2D eigenvalue weighted by atomic mass is 16.5. The van der Waals surface area contributed by atoms with E-state index in [1.807, 2.05) is 0 Å². The Morgan fingerprint density at radius 2 is 0.343 bits per heavy atom. The van der Waals surface area contributed by atoms with E-state index in [1.165, 1.54) is 0 Å². The number of hydrogen-bond acceptors (Lipinski definition) is 5. The number of fused-ring (bicyclic) bond motifs is 16. The van der Waals surface area contributed by atoms with E-state index >= 15 is 0 Å². The standard InChI is InChI=1S/C90H62N8O/c1-7-19-59(20-8-1)83-67-39-43-71(91-67)85(61-23-11-3-12-24-61)75-47-51-79(95-75)89(80-52-48-76(96-80)86(62-25-13-4-14-26-62)72-44-40-68(83)92-72)65-35-31-57(32-36-65)55-99-56-58-33-37-66(38-34-58)90-81-53-49-77(97-81)87(63-27-15-5-16-28-63)73-45-41-69(93-73)84(60-21-9-2-10-22-60)70-42-46-74(94-70)88(64-29-17-6-18-30-64)78-50-54-82(90)98-78/h1-54,91,93,96,98H,55-56H2. The maximum atomic E-state index is 6.58. The Bertz CT molecular complexity index is 5500. The van der Waals surface area contributed by atoms with E-state index in [0.717, 1.165) is 190 Å². The van der Waals surface area contributed by atoms with Gasteiger partial charge in [-0.15, -0.1) is 0 Å². The van der Waals surface area contributed by atoms with Crippen molar-refractivity contribution >= 4 is 92.7 Å². The van der Waals surface area contributed by atoms with Crippen molar-refractivity contribution in [2.75, 3.05) is 0 Å². The summed E-state index contributed by atoms with van der Waals surface area (Å²) in [6.45, 7) is 0.835. The molecule has 8 aromatic carbocycles. The van der Waals surface area contributed by atoms with Crippen molar-refractivity contribution < 1.29 is 4.74 Å². The quantitative estimate of drug-likeness (QED) is 0.0970. The van der Waals surface area contributed by atoms with E-state index in [4.69, 9.17) is 24.7 Å². The third-order valence-corrected chi connectivity index (χ3v) is 18.9. The Morgan fingerprint density at radius 1 is 0.182 bits per heavy atom. The zero-order valence-electron chi connectivity index (χ0n) is 53.8. The fraction of sp³-hybridized carbons (Fsp3) is 0.0222. The zero-order chi connectivity index (χ0) is 65.6. The maximum absolute atomic E-state index is 6.58. The van der Waals surface area contributed by atoms with E-state index in [9.17, 15) is 0 Å². The number of benzene rings is 8. The van der Waals surface area contributed by atoms with E-state index < -0.39 is 0 Å². The highest BCUT2D eigenvalue weighted by Crippen LogP contribution is 2.42. The van der Waals surface area contributed by atoms with Crippen molar-refractivity contribution in [3.63, 3.8) is 0 Å². The molecule has 6 aromatic heterocycles. The first kappa shape index (κ1) is 58.5. The average Bonchev–Trinajstić information content (AvgIpc) is 1.63. The predicted octanol–water partition coefficient (Wildman–Crippen LogP) is 22.7. The summed E-state index contributed by atoms with van der Waals surface area (Å²) in [5.74, 6) is 0. The van der Waals surface area contributed by atoms with Crippen LogP contribution < -0.4 is 0 Å². The van der Waals surface area contributed by atoms with Crippen molar-refractivity contribution in [1.29, 1.82) is 0 Å². The number of rotatable bonds is 12. The van der Waals surface area contributed by atoms with Gasteiger partial charge in [-0.1, -0.05) is 231 Å². The number of aromatic amines is 4. The normalized spacial score (nSPS) is 12.2. The van der Waals surface area contributed by atoms with Gasteiger partial charge in [0.05, 0.1) is 58.8 Å². The number of ether oxygens (including phenoxy) is 1. The molecular weight excluding hydrogens is 1210 g/mol. The molecule has 4 aliphatic heterocycles. The molecular formula is C90H62N8O. The van der Waals surface area contributed by atoms with Gasteiger partial charge in [0.2, 0.25) is 0 Å². The molecule has 4 N–H and O–H groups in total. The van der Waals surface area contributed by atoms with Crippen LogP contribution in [0.2, 0.25) is 0 Å². The van der Waals surface area contributed by atoms with Crippen molar-refractivity contribution in [3.05, 3.63) is 336 Å². The minimum Gasteiger partial charge on any atom is -0.372 e. The fourth-order valence-electron chi connectivity index (χ4n) is 14.3. The summed E-state index contributed by atoms with van der Waals surface area (Å²) in [4.78, 5) is 37.5. The molecule has 0 aliphatic carbocycles. The number of aromatic nitrogens is 8. The van der Waals surface area contributed by atoms with Crippen LogP contribution in [0.25, 0.3) is 182 Å². The van der Waals surface area contributed by atoms with Gasteiger partial charge in [0.1, 0.15) is 0 Å². The molecule has 468 valence electrons. The first-order chi connectivity index (χ1) is 49.0. The van der Waals surface area contributed by atoms with Gasteiger partial charge >= 0.3 is 0 Å². The minimum absolute atomic E-state index is 0.417. The summed E-state index contributed by atoms with van der Waals surface area (Å²) < 4.78 is 6.58. The summed E-state index contributed by atoms with van der Waals surface area (Å²) >= 11 is 0. The number of H-pyrrole nitrogens is 4. The molecule has 4 aliphatic rings. The number of hydrogen-bond donors (Lipinski definition) is 4. The molecule has 0 radical (unpaired) electrons. The van der Waals surface area contributed by atoms with Gasteiger partial charge in [0, 0.05) is 88.6 Å². The Balaban J connectivity index is 0.708. The first-order valence-electron chi connectivity index (χ1n) is 33.5. The van der Waals surface area contributed by atoms with E-state index in [-0.39, 0.29) is 0 Å². The van der Waals surface area contributed by atoms with E-state index in [0.29, 0.717) is 13.2 Å². The Kier molecular flexibility index (Phi) is 14.9. The second-order valence-electron chi connectivity index (χ2n) is 25.1. The molecule has 0 atom stereocenters. The smallest absolute Gasteiger partial charge is 0.0737 e. The highest BCUT2D eigenvalue weighted by Gasteiger charge is 2.22. The molecule has 10 heterocycles. The lowest BCUT2D eigenvalue weighted by Gasteiger charge is -2.09. The average molecular weight is 1270 g/mol. The van der Waals surface area contributed by atoms with Crippen LogP contribution in [-0.4, -0.2) is 39.9 Å². The highest BCUT2D eigenvalue weighted by molar-refractivity contribution is 6.03. The van der Waals surface area contributed by atoms with E-state index in [2.05, 4.69) is 348 Å². The lowest BCUT2D eigenvalue weighted by Crippen LogP contribution is -1.95. The second-order valence-corrected chi connectivity index (χ2v) is 25.1. The van der Waals surface area contributed by atoms with Crippen LogP contribution in [-0.2, 0) is 18.0 Å². The van der Waals surface area contributed by atoms with Gasteiger partial charge in [0.15, 0.2) is 0 Å². The van der Waals surface area contributed by atoms with Gasteiger partial charge < -0.3 is 24.7 Å². The summed E-state index contributed by atoms with van der Waals surface area (Å²) in [5.41, 5.74) is 33.1. The molecule has 9 heteroatoms. The van der Waals surface area contributed by atoms with Gasteiger partial charge in [0.25, 0.3) is 0 Å². The molecule has 0 amide bonds. The van der Waals surface area contributed by atoms with Crippen molar-refractivity contribution in [3.8, 4) is 89.0 Å². The molecule has 14 aromatic rings. The molecule has 9 nitrogen and oxygen atoms in total. The Hall–Kier alpha value is -13.1. The monoisotopic (exact) mass is 1270 g/mol. The van der Waals surface area contributed by atoms with Crippen molar-refractivity contribution in [2.45, 2.75) is 13.2 Å². The molecule has 99 heavy (non-hydrogen) atoms. The Labute approximate surface area is 572 Å². The molecule has 0 saturated carbocycles. The Morgan fingerprint density at radius 3 is 0.515 bits per heavy atom.